The Balaban J connectivity index is 1.68. The van der Waals surface area contributed by atoms with Crippen LogP contribution >= 0.6 is 11.8 Å². The number of carbonyl (C=O) groups excluding carboxylic acids is 1. The molecule has 2 aromatic rings. The minimum atomic E-state index is 0.0623. The van der Waals surface area contributed by atoms with Crippen LogP contribution in [0.4, 0.5) is 5.69 Å². The number of carbonyl (C=O) groups is 1. The zero-order chi connectivity index (χ0) is 15.4. The highest BCUT2D eigenvalue weighted by Gasteiger charge is 2.18. The van der Waals surface area contributed by atoms with E-state index in [2.05, 4.69) is 15.6 Å². The number of benzene rings is 1. The summed E-state index contributed by atoms with van der Waals surface area (Å²) in [6.07, 6.45) is 6.45. The fourth-order valence-corrected chi connectivity index (χ4v) is 3.45. The van der Waals surface area contributed by atoms with Crippen molar-refractivity contribution in [2.24, 2.45) is 7.05 Å². The fourth-order valence-electron chi connectivity index (χ4n) is 2.56. The van der Waals surface area contributed by atoms with E-state index in [-0.39, 0.29) is 5.91 Å². The van der Waals surface area contributed by atoms with Gasteiger partial charge in [-0.25, -0.2) is 4.98 Å². The number of hydrogen-bond donors (Lipinski definition) is 2. The predicted octanol–water partition coefficient (Wildman–Crippen LogP) is 2.65. The van der Waals surface area contributed by atoms with Crippen molar-refractivity contribution in [2.75, 3.05) is 11.9 Å². The lowest BCUT2D eigenvalue weighted by atomic mass is 10.1. The molecular formula is C16H20N4OS. The highest BCUT2D eigenvalue weighted by molar-refractivity contribution is 7.99. The van der Waals surface area contributed by atoms with Crippen LogP contribution in [-0.2, 0) is 11.8 Å². The van der Waals surface area contributed by atoms with Gasteiger partial charge in [-0.3, -0.25) is 4.79 Å². The van der Waals surface area contributed by atoms with Crippen LogP contribution in [0.1, 0.15) is 19.3 Å². The molecule has 1 amide bonds. The van der Waals surface area contributed by atoms with Gasteiger partial charge in [0.1, 0.15) is 0 Å². The van der Waals surface area contributed by atoms with Gasteiger partial charge in [-0.15, -0.1) is 0 Å². The highest BCUT2D eigenvalue weighted by Crippen LogP contribution is 2.32. The first kappa shape index (κ1) is 15.1. The van der Waals surface area contributed by atoms with Crippen molar-refractivity contribution < 1.29 is 4.79 Å². The molecule has 1 aromatic carbocycles. The van der Waals surface area contributed by atoms with Gasteiger partial charge in [-0.2, -0.15) is 0 Å². The zero-order valence-electron chi connectivity index (χ0n) is 12.6. The van der Waals surface area contributed by atoms with E-state index in [1.54, 1.807) is 18.0 Å². The molecule has 6 heteroatoms. The van der Waals surface area contributed by atoms with Crippen LogP contribution in [0, 0.1) is 0 Å². The molecule has 0 bridgehead atoms. The molecule has 2 N–H and O–H groups in total. The third kappa shape index (κ3) is 3.69. The number of imidazole rings is 1. The second kappa shape index (κ2) is 6.98. The van der Waals surface area contributed by atoms with Gasteiger partial charge in [0.05, 0.1) is 5.69 Å². The molecule has 1 unspecified atom stereocenters. The lowest BCUT2D eigenvalue weighted by Crippen LogP contribution is -2.27. The number of rotatable bonds is 5. The maximum atomic E-state index is 12.2. The first-order valence-corrected chi connectivity index (χ1v) is 8.31. The summed E-state index contributed by atoms with van der Waals surface area (Å²) >= 11 is 1.55. The monoisotopic (exact) mass is 316 g/mol. The molecular weight excluding hydrogens is 296 g/mol. The van der Waals surface area contributed by atoms with E-state index < -0.39 is 0 Å². The Morgan fingerprint density at radius 2 is 2.36 bits per heavy atom. The number of amides is 1. The summed E-state index contributed by atoms with van der Waals surface area (Å²) in [6.45, 7) is 1.02. The largest absolute Gasteiger partial charge is 0.329 e. The smallest absolute Gasteiger partial charge is 0.225 e. The molecule has 116 valence electrons. The molecule has 1 saturated heterocycles. The number of nitrogens with zero attached hydrogens (tertiary/aromatic N) is 2. The van der Waals surface area contributed by atoms with Crippen molar-refractivity contribution in [2.45, 2.75) is 35.4 Å². The van der Waals surface area contributed by atoms with Gasteiger partial charge < -0.3 is 15.2 Å². The van der Waals surface area contributed by atoms with Crippen LogP contribution in [0.15, 0.2) is 46.7 Å². The maximum absolute atomic E-state index is 12.2. The van der Waals surface area contributed by atoms with Crippen molar-refractivity contribution in [3.63, 3.8) is 0 Å². The van der Waals surface area contributed by atoms with Crippen molar-refractivity contribution in [1.82, 2.24) is 14.9 Å². The van der Waals surface area contributed by atoms with Crippen LogP contribution in [-0.4, -0.2) is 28.0 Å². The van der Waals surface area contributed by atoms with Crippen LogP contribution < -0.4 is 10.6 Å². The number of para-hydroxylation sites is 1. The van der Waals surface area contributed by atoms with Gasteiger partial charge in [0.2, 0.25) is 5.91 Å². The topological polar surface area (TPSA) is 59.0 Å². The summed E-state index contributed by atoms with van der Waals surface area (Å²) in [4.78, 5) is 17.5. The minimum Gasteiger partial charge on any atom is -0.329 e. The Morgan fingerprint density at radius 1 is 1.50 bits per heavy atom. The van der Waals surface area contributed by atoms with E-state index in [1.807, 2.05) is 42.1 Å². The first-order valence-electron chi connectivity index (χ1n) is 7.50. The van der Waals surface area contributed by atoms with Gasteiger partial charge in [0, 0.05) is 36.8 Å². The average molecular weight is 316 g/mol. The molecule has 2 heterocycles. The van der Waals surface area contributed by atoms with Crippen molar-refractivity contribution in [1.29, 1.82) is 0 Å². The van der Waals surface area contributed by atoms with E-state index in [0.717, 1.165) is 35.1 Å². The lowest BCUT2D eigenvalue weighted by Gasteiger charge is -2.13. The van der Waals surface area contributed by atoms with E-state index >= 15 is 0 Å². The molecule has 0 radical (unpaired) electrons. The molecule has 0 spiro atoms. The molecule has 1 fully saturated rings. The highest BCUT2D eigenvalue weighted by atomic mass is 32.2. The minimum absolute atomic E-state index is 0.0623. The predicted molar refractivity (Wildman–Crippen MR) is 88.0 cm³/mol. The van der Waals surface area contributed by atoms with Crippen molar-refractivity contribution in [3.05, 3.63) is 36.7 Å². The summed E-state index contributed by atoms with van der Waals surface area (Å²) in [6, 6.07) is 8.16. The second-order valence-corrected chi connectivity index (χ2v) is 6.47. The SMILES string of the molecule is Cn1ccnc1Sc1ccccc1NC(=O)CC1CCCN1. The van der Waals surface area contributed by atoms with Crippen molar-refractivity contribution in [3.8, 4) is 0 Å². The third-order valence-electron chi connectivity index (χ3n) is 3.73. The quantitative estimate of drug-likeness (QED) is 0.890. The summed E-state index contributed by atoms with van der Waals surface area (Å²) < 4.78 is 1.96. The van der Waals surface area contributed by atoms with Gasteiger partial charge in [-0.1, -0.05) is 12.1 Å². The second-order valence-electron chi connectivity index (χ2n) is 5.46. The molecule has 3 rings (SSSR count). The molecule has 1 aliphatic heterocycles. The fraction of sp³-hybridized carbons (Fsp3) is 0.375. The molecule has 0 aliphatic carbocycles. The maximum Gasteiger partial charge on any atom is 0.225 e. The van der Waals surface area contributed by atoms with E-state index in [1.165, 1.54) is 0 Å². The number of aryl methyl sites for hydroxylation is 1. The standard InChI is InChI=1S/C16H20N4OS/c1-20-10-9-18-16(20)22-14-7-3-2-6-13(14)19-15(21)11-12-5-4-8-17-12/h2-3,6-7,9-10,12,17H,4-5,8,11H2,1H3,(H,19,21). The van der Waals surface area contributed by atoms with Gasteiger partial charge >= 0.3 is 0 Å². The molecule has 5 nitrogen and oxygen atoms in total. The Kier molecular flexibility index (Phi) is 4.80. The van der Waals surface area contributed by atoms with E-state index in [0.29, 0.717) is 12.5 Å². The van der Waals surface area contributed by atoms with Crippen LogP contribution in [0.3, 0.4) is 0 Å². The van der Waals surface area contributed by atoms with Gasteiger partial charge in [0.25, 0.3) is 0 Å². The summed E-state index contributed by atoms with van der Waals surface area (Å²) in [5, 5.41) is 7.29. The average Bonchev–Trinajstić information content (AvgIpc) is 3.14. The first-order chi connectivity index (χ1) is 10.7. The number of anilines is 1. The summed E-state index contributed by atoms with van der Waals surface area (Å²) in [5.41, 5.74) is 0.846. The van der Waals surface area contributed by atoms with Crippen LogP contribution in [0.5, 0.6) is 0 Å². The number of nitrogens with one attached hydrogen (secondary N) is 2. The van der Waals surface area contributed by atoms with Gasteiger partial charge in [0.15, 0.2) is 5.16 Å². The Hall–Kier alpha value is -1.79. The molecule has 22 heavy (non-hydrogen) atoms. The number of aromatic nitrogens is 2. The molecule has 1 atom stereocenters. The Labute approximate surface area is 134 Å². The summed E-state index contributed by atoms with van der Waals surface area (Å²) in [5.74, 6) is 0.0623. The third-order valence-corrected chi connectivity index (χ3v) is 4.89. The number of hydrogen-bond acceptors (Lipinski definition) is 4. The van der Waals surface area contributed by atoms with Crippen molar-refractivity contribution >= 4 is 23.4 Å². The van der Waals surface area contributed by atoms with Gasteiger partial charge in [-0.05, 0) is 43.3 Å². The lowest BCUT2D eigenvalue weighted by molar-refractivity contribution is -0.116. The molecule has 1 aromatic heterocycles. The van der Waals surface area contributed by atoms with Crippen LogP contribution in [0.2, 0.25) is 0 Å². The van der Waals surface area contributed by atoms with Crippen LogP contribution in [0.25, 0.3) is 0 Å². The van der Waals surface area contributed by atoms with E-state index in [4.69, 9.17) is 0 Å². The normalized spacial score (nSPS) is 17.6. The Bertz CT molecular complexity index is 649. The zero-order valence-corrected chi connectivity index (χ0v) is 13.4. The molecule has 1 aliphatic rings. The molecule has 0 saturated carbocycles. The Morgan fingerprint density at radius 3 is 3.09 bits per heavy atom. The van der Waals surface area contributed by atoms with E-state index in [9.17, 15) is 4.79 Å². The summed E-state index contributed by atoms with van der Waals surface area (Å²) in [7, 11) is 1.96.